The molecule has 0 radical (unpaired) electrons. The number of benzene rings is 1. The van der Waals surface area contributed by atoms with E-state index >= 15 is 0 Å². The van der Waals surface area contributed by atoms with Crippen LogP contribution < -0.4 is 10.6 Å². The molecule has 1 aliphatic heterocycles. The molecule has 1 saturated heterocycles. The third-order valence-electron chi connectivity index (χ3n) is 3.58. The van der Waals surface area contributed by atoms with E-state index in [0.29, 0.717) is 12.6 Å². The van der Waals surface area contributed by atoms with Crippen LogP contribution in [-0.4, -0.2) is 43.5 Å². The van der Waals surface area contributed by atoms with Crippen molar-refractivity contribution in [2.24, 2.45) is 0 Å². The van der Waals surface area contributed by atoms with Gasteiger partial charge in [0.15, 0.2) is 0 Å². The number of hydrogen-bond donors (Lipinski definition) is 2. The number of likely N-dealkylation sites (N-methyl/N-ethyl adjacent to an activating group) is 1. The Labute approximate surface area is 115 Å². The van der Waals surface area contributed by atoms with Crippen molar-refractivity contribution in [1.82, 2.24) is 10.2 Å². The molecule has 4 nitrogen and oxygen atoms in total. The largest absolute Gasteiger partial charge is 0.381 e. The van der Waals surface area contributed by atoms with Gasteiger partial charge in [0.1, 0.15) is 0 Å². The lowest BCUT2D eigenvalue weighted by Gasteiger charge is -2.17. The Morgan fingerprint density at radius 1 is 1.47 bits per heavy atom. The van der Waals surface area contributed by atoms with E-state index in [9.17, 15) is 4.79 Å². The molecule has 0 aromatic heterocycles. The van der Waals surface area contributed by atoms with E-state index in [1.54, 1.807) is 0 Å². The Balaban J connectivity index is 2.04. The van der Waals surface area contributed by atoms with Gasteiger partial charge in [0.25, 0.3) is 5.91 Å². The monoisotopic (exact) mass is 261 g/mol. The molecule has 2 N–H and O–H groups in total. The zero-order chi connectivity index (χ0) is 13.8. The fourth-order valence-electron chi connectivity index (χ4n) is 2.50. The van der Waals surface area contributed by atoms with Crippen LogP contribution in [0.4, 0.5) is 5.69 Å². The predicted molar refractivity (Wildman–Crippen MR) is 78.7 cm³/mol. The maximum absolute atomic E-state index is 11.8. The SMILES string of the molecule is CCNC(=O)c1ccc(NC2CCN(C)C2)c(C)c1. The molecule has 2 rings (SSSR count). The quantitative estimate of drug-likeness (QED) is 0.869. The Morgan fingerprint density at radius 2 is 2.26 bits per heavy atom. The lowest BCUT2D eigenvalue weighted by atomic mass is 10.1. The minimum atomic E-state index is -0.00208. The summed E-state index contributed by atoms with van der Waals surface area (Å²) in [7, 11) is 2.15. The van der Waals surface area contributed by atoms with E-state index in [0.717, 1.165) is 29.9 Å². The van der Waals surface area contributed by atoms with Crippen LogP contribution in [0.2, 0.25) is 0 Å². The number of nitrogens with one attached hydrogen (secondary N) is 2. The predicted octanol–water partition coefficient (Wildman–Crippen LogP) is 1.86. The molecule has 1 heterocycles. The van der Waals surface area contributed by atoms with Crippen molar-refractivity contribution in [3.8, 4) is 0 Å². The molecule has 1 atom stereocenters. The summed E-state index contributed by atoms with van der Waals surface area (Å²) >= 11 is 0. The first-order valence-electron chi connectivity index (χ1n) is 6.94. The molecule has 1 aliphatic rings. The van der Waals surface area contributed by atoms with Gasteiger partial charge in [-0.2, -0.15) is 0 Å². The van der Waals surface area contributed by atoms with Gasteiger partial charge < -0.3 is 15.5 Å². The standard InChI is InChI=1S/C15H23N3O/c1-4-16-15(19)12-5-6-14(11(2)9-12)17-13-7-8-18(3)10-13/h5-6,9,13,17H,4,7-8,10H2,1-3H3,(H,16,19). The van der Waals surface area contributed by atoms with Crippen LogP contribution in [0.3, 0.4) is 0 Å². The van der Waals surface area contributed by atoms with Gasteiger partial charge in [-0.15, -0.1) is 0 Å². The summed E-state index contributed by atoms with van der Waals surface area (Å²) in [4.78, 5) is 14.1. The topological polar surface area (TPSA) is 44.4 Å². The van der Waals surface area contributed by atoms with Crippen LogP contribution in [0.1, 0.15) is 29.3 Å². The molecule has 4 heteroatoms. The van der Waals surface area contributed by atoms with E-state index in [4.69, 9.17) is 0 Å². The normalized spacial score (nSPS) is 19.4. The second kappa shape index (κ2) is 6.06. The third kappa shape index (κ3) is 3.47. The van der Waals surface area contributed by atoms with Crippen molar-refractivity contribution in [2.45, 2.75) is 26.3 Å². The number of amides is 1. The molecular weight excluding hydrogens is 238 g/mol. The highest BCUT2D eigenvalue weighted by Crippen LogP contribution is 2.20. The summed E-state index contributed by atoms with van der Waals surface area (Å²) in [6.45, 7) is 6.86. The molecule has 0 bridgehead atoms. The van der Waals surface area contributed by atoms with Gasteiger partial charge in [0.05, 0.1) is 0 Å². The van der Waals surface area contributed by atoms with E-state index in [1.807, 2.05) is 32.0 Å². The van der Waals surface area contributed by atoms with Crippen molar-refractivity contribution in [3.63, 3.8) is 0 Å². The number of likely N-dealkylation sites (tertiary alicyclic amines) is 1. The van der Waals surface area contributed by atoms with Crippen LogP contribution in [0, 0.1) is 6.92 Å². The fraction of sp³-hybridized carbons (Fsp3) is 0.533. The van der Waals surface area contributed by atoms with Crippen LogP contribution in [0.15, 0.2) is 18.2 Å². The van der Waals surface area contributed by atoms with E-state index < -0.39 is 0 Å². The van der Waals surface area contributed by atoms with Gasteiger partial charge in [-0.25, -0.2) is 0 Å². The van der Waals surface area contributed by atoms with Gasteiger partial charge in [0.2, 0.25) is 0 Å². The Kier molecular flexibility index (Phi) is 4.43. The summed E-state index contributed by atoms with van der Waals surface area (Å²) in [5, 5.41) is 6.39. The zero-order valence-electron chi connectivity index (χ0n) is 12.0. The zero-order valence-corrected chi connectivity index (χ0v) is 12.0. The number of rotatable bonds is 4. The molecule has 1 fully saturated rings. The summed E-state index contributed by atoms with van der Waals surface area (Å²) in [6, 6.07) is 6.36. The first-order valence-corrected chi connectivity index (χ1v) is 6.94. The lowest BCUT2D eigenvalue weighted by molar-refractivity contribution is 0.0956. The highest BCUT2D eigenvalue weighted by atomic mass is 16.1. The van der Waals surface area contributed by atoms with Gasteiger partial charge in [-0.3, -0.25) is 4.79 Å². The Bertz CT molecular complexity index is 459. The summed E-state index contributed by atoms with van der Waals surface area (Å²) in [5.74, 6) is -0.00208. The molecular formula is C15H23N3O. The van der Waals surface area contributed by atoms with Crippen molar-refractivity contribution >= 4 is 11.6 Å². The highest BCUT2D eigenvalue weighted by Gasteiger charge is 2.19. The Hall–Kier alpha value is -1.55. The number of aryl methyl sites for hydroxylation is 1. The molecule has 0 aliphatic carbocycles. The van der Waals surface area contributed by atoms with Crippen molar-refractivity contribution < 1.29 is 4.79 Å². The first-order chi connectivity index (χ1) is 9.10. The minimum Gasteiger partial charge on any atom is -0.381 e. The number of hydrogen-bond acceptors (Lipinski definition) is 3. The van der Waals surface area contributed by atoms with Gasteiger partial charge >= 0.3 is 0 Å². The van der Waals surface area contributed by atoms with Crippen molar-refractivity contribution in [3.05, 3.63) is 29.3 Å². The molecule has 19 heavy (non-hydrogen) atoms. The second-order valence-electron chi connectivity index (χ2n) is 5.28. The number of carbonyl (C=O) groups is 1. The second-order valence-corrected chi connectivity index (χ2v) is 5.28. The fourth-order valence-corrected chi connectivity index (χ4v) is 2.50. The molecule has 0 spiro atoms. The van der Waals surface area contributed by atoms with Gasteiger partial charge in [-0.1, -0.05) is 0 Å². The van der Waals surface area contributed by atoms with E-state index in [-0.39, 0.29) is 5.91 Å². The number of anilines is 1. The molecule has 1 unspecified atom stereocenters. The van der Waals surface area contributed by atoms with Gasteiger partial charge in [0, 0.05) is 30.4 Å². The van der Waals surface area contributed by atoms with Gasteiger partial charge in [-0.05, 0) is 57.6 Å². The maximum atomic E-state index is 11.8. The summed E-state index contributed by atoms with van der Waals surface area (Å²) in [6.07, 6.45) is 1.17. The van der Waals surface area contributed by atoms with Crippen LogP contribution in [0.25, 0.3) is 0 Å². The summed E-state index contributed by atoms with van der Waals surface area (Å²) in [5.41, 5.74) is 2.99. The molecule has 0 saturated carbocycles. The van der Waals surface area contributed by atoms with Crippen LogP contribution in [0.5, 0.6) is 0 Å². The number of nitrogens with zero attached hydrogens (tertiary/aromatic N) is 1. The molecule has 1 amide bonds. The molecule has 1 aromatic carbocycles. The van der Waals surface area contributed by atoms with E-state index in [2.05, 4.69) is 22.6 Å². The molecule has 104 valence electrons. The summed E-state index contributed by atoms with van der Waals surface area (Å²) < 4.78 is 0. The smallest absolute Gasteiger partial charge is 0.251 e. The van der Waals surface area contributed by atoms with Crippen LogP contribution in [-0.2, 0) is 0 Å². The van der Waals surface area contributed by atoms with E-state index in [1.165, 1.54) is 6.42 Å². The van der Waals surface area contributed by atoms with Crippen molar-refractivity contribution in [1.29, 1.82) is 0 Å². The highest BCUT2D eigenvalue weighted by molar-refractivity contribution is 5.94. The average molecular weight is 261 g/mol. The Morgan fingerprint density at radius 3 is 2.84 bits per heavy atom. The lowest BCUT2D eigenvalue weighted by Crippen LogP contribution is -2.24. The maximum Gasteiger partial charge on any atom is 0.251 e. The minimum absolute atomic E-state index is 0.00208. The molecule has 1 aromatic rings. The average Bonchev–Trinajstić information content (AvgIpc) is 2.78. The number of carbonyl (C=O) groups excluding carboxylic acids is 1. The van der Waals surface area contributed by atoms with Crippen molar-refractivity contribution in [2.75, 3.05) is 32.0 Å². The first kappa shape index (κ1) is 13.9. The van der Waals surface area contributed by atoms with Crippen LogP contribution >= 0.6 is 0 Å². The third-order valence-corrected chi connectivity index (χ3v) is 3.58.